The van der Waals surface area contributed by atoms with Gasteiger partial charge in [0.1, 0.15) is 6.61 Å². The fourth-order valence-corrected chi connectivity index (χ4v) is 1.64. The first-order valence-corrected chi connectivity index (χ1v) is 6.77. The molecule has 1 atom stereocenters. The third-order valence-corrected chi connectivity index (χ3v) is 3.00. The fourth-order valence-electron chi connectivity index (χ4n) is 1.64. The normalized spacial score (nSPS) is 12.7. The smallest absolute Gasteiger partial charge is 0.241 e. The van der Waals surface area contributed by atoms with Crippen LogP contribution in [0.3, 0.4) is 0 Å². The van der Waals surface area contributed by atoms with Gasteiger partial charge in [-0.05, 0) is 17.5 Å². The summed E-state index contributed by atoms with van der Waals surface area (Å²) in [6.07, 6.45) is 0. The van der Waals surface area contributed by atoms with Gasteiger partial charge in [0, 0.05) is 11.8 Å². The zero-order valence-corrected chi connectivity index (χ0v) is 13.0. The van der Waals surface area contributed by atoms with E-state index in [2.05, 4.69) is 5.32 Å². The van der Waals surface area contributed by atoms with E-state index in [0.29, 0.717) is 17.2 Å². The summed E-state index contributed by atoms with van der Waals surface area (Å²) in [5.41, 5.74) is 6.15. The molecule has 1 aromatic carbocycles. The van der Waals surface area contributed by atoms with Gasteiger partial charge in [0.15, 0.2) is 11.5 Å². The van der Waals surface area contributed by atoms with E-state index in [4.69, 9.17) is 20.3 Å². The minimum absolute atomic E-state index is 0.103. The van der Waals surface area contributed by atoms with Crippen LogP contribution in [0.25, 0.3) is 0 Å². The predicted molar refractivity (Wildman–Crippen MR) is 81.6 cm³/mol. The largest absolute Gasteiger partial charge is 0.493 e. The topological polar surface area (TPSA) is 93.8 Å². The highest BCUT2D eigenvalue weighted by Crippen LogP contribution is 2.30. The molecule has 0 aliphatic carbocycles. The lowest BCUT2D eigenvalue weighted by molar-refractivity contribution is -0.119. The number of aliphatic hydroxyl groups is 1. The monoisotopic (exact) mass is 296 g/mol. The van der Waals surface area contributed by atoms with Crippen molar-refractivity contribution in [1.29, 1.82) is 0 Å². The molecule has 0 aliphatic rings. The Bertz CT molecular complexity index is 483. The molecular formula is C15H24N2O4. The first-order chi connectivity index (χ1) is 9.79. The van der Waals surface area contributed by atoms with Crippen molar-refractivity contribution in [2.45, 2.75) is 26.8 Å². The minimum atomic E-state index is -0.624. The molecule has 0 radical (unpaired) electrons. The van der Waals surface area contributed by atoms with Crippen LogP contribution >= 0.6 is 0 Å². The second kappa shape index (κ2) is 7.28. The average Bonchev–Trinajstić information content (AvgIpc) is 2.43. The molecule has 1 aromatic rings. The van der Waals surface area contributed by atoms with Gasteiger partial charge in [0.2, 0.25) is 5.91 Å². The molecule has 0 spiro atoms. The highest BCUT2D eigenvalue weighted by molar-refractivity contribution is 5.95. The van der Waals surface area contributed by atoms with Crippen LogP contribution in [0.15, 0.2) is 18.2 Å². The molecule has 21 heavy (non-hydrogen) atoms. The van der Waals surface area contributed by atoms with Crippen LogP contribution in [0.5, 0.6) is 11.5 Å². The van der Waals surface area contributed by atoms with E-state index in [9.17, 15) is 4.79 Å². The van der Waals surface area contributed by atoms with Crippen LogP contribution in [0, 0.1) is 5.41 Å². The van der Waals surface area contributed by atoms with Crippen molar-refractivity contribution < 1.29 is 19.4 Å². The number of carbonyl (C=O) groups is 1. The third kappa shape index (κ3) is 4.91. The van der Waals surface area contributed by atoms with E-state index in [0.717, 1.165) is 0 Å². The maximum absolute atomic E-state index is 12.1. The Morgan fingerprint density at radius 1 is 1.38 bits per heavy atom. The number of rotatable bonds is 6. The third-order valence-electron chi connectivity index (χ3n) is 3.00. The molecule has 0 saturated heterocycles. The summed E-state index contributed by atoms with van der Waals surface area (Å²) in [7, 11) is 1.52. The van der Waals surface area contributed by atoms with Gasteiger partial charge in [0.25, 0.3) is 0 Å². The molecule has 4 N–H and O–H groups in total. The quantitative estimate of drug-likeness (QED) is 0.737. The van der Waals surface area contributed by atoms with Crippen molar-refractivity contribution in [1.82, 2.24) is 0 Å². The fraction of sp³-hybridized carbons (Fsp3) is 0.533. The highest BCUT2D eigenvalue weighted by Gasteiger charge is 2.27. The van der Waals surface area contributed by atoms with E-state index >= 15 is 0 Å². The summed E-state index contributed by atoms with van der Waals surface area (Å²) in [6, 6.07) is 4.41. The minimum Gasteiger partial charge on any atom is -0.493 e. The lowest BCUT2D eigenvalue weighted by Crippen LogP contribution is -2.45. The summed E-state index contributed by atoms with van der Waals surface area (Å²) in [6.45, 7) is 5.76. The molecule has 1 rings (SSSR count). The SMILES string of the molecule is COc1ccc(NC(=O)[C@@H](N)C(C)(C)C)cc1OCCO. The lowest BCUT2D eigenvalue weighted by atomic mass is 9.87. The molecule has 1 amide bonds. The molecular weight excluding hydrogens is 272 g/mol. The summed E-state index contributed by atoms with van der Waals surface area (Å²) in [5, 5.41) is 11.6. The zero-order valence-electron chi connectivity index (χ0n) is 13.0. The molecule has 0 aliphatic heterocycles. The number of amides is 1. The number of carbonyl (C=O) groups excluding carboxylic acids is 1. The van der Waals surface area contributed by atoms with Crippen LogP contribution in [-0.2, 0) is 4.79 Å². The van der Waals surface area contributed by atoms with E-state index in [-0.39, 0.29) is 24.5 Å². The van der Waals surface area contributed by atoms with Crippen LogP contribution in [-0.4, -0.2) is 37.4 Å². The second-order valence-electron chi connectivity index (χ2n) is 5.77. The van der Waals surface area contributed by atoms with E-state index in [1.54, 1.807) is 18.2 Å². The number of aliphatic hydroxyl groups excluding tert-OH is 1. The average molecular weight is 296 g/mol. The van der Waals surface area contributed by atoms with Gasteiger partial charge < -0.3 is 25.6 Å². The van der Waals surface area contributed by atoms with E-state index in [1.165, 1.54) is 7.11 Å². The van der Waals surface area contributed by atoms with Crippen molar-refractivity contribution in [2.24, 2.45) is 11.1 Å². The van der Waals surface area contributed by atoms with Crippen molar-refractivity contribution in [2.75, 3.05) is 25.6 Å². The Morgan fingerprint density at radius 2 is 2.05 bits per heavy atom. The van der Waals surface area contributed by atoms with Crippen LogP contribution in [0.4, 0.5) is 5.69 Å². The second-order valence-corrected chi connectivity index (χ2v) is 5.77. The van der Waals surface area contributed by atoms with Gasteiger partial charge in [-0.2, -0.15) is 0 Å². The van der Waals surface area contributed by atoms with Crippen LogP contribution in [0.2, 0.25) is 0 Å². The van der Waals surface area contributed by atoms with E-state index < -0.39 is 6.04 Å². The molecule has 6 nitrogen and oxygen atoms in total. The Balaban J connectivity index is 2.86. The van der Waals surface area contributed by atoms with Crippen LogP contribution in [0.1, 0.15) is 20.8 Å². The summed E-state index contributed by atoms with van der Waals surface area (Å²) < 4.78 is 10.5. The van der Waals surface area contributed by atoms with Crippen molar-refractivity contribution in [3.05, 3.63) is 18.2 Å². The number of benzene rings is 1. The molecule has 0 heterocycles. The summed E-state index contributed by atoms with van der Waals surface area (Å²) in [4.78, 5) is 12.1. The van der Waals surface area contributed by atoms with Gasteiger partial charge in [-0.25, -0.2) is 0 Å². The number of methoxy groups -OCH3 is 1. The predicted octanol–water partition coefficient (Wildman–Crippen LogP) is 1.38. The van der Waals surface area contributed by atoms with Crippen LogP contribution < -0.4 is 20.5 Å². The maximum Gasteiger partial charge on any atom is 0.241 e. The summed E-state index contributed by atoms with van der Waals surface area (Å²) >= 11 is 0. The number of ether oxygens (including phenoxy) is 2. The van der Waals surface area contributed by atoms with E-state index in [1.807, 2.05) is 20.8 Å². The first kappa shape index (κ1) is 17.3. The first-order valence-electron chi connectivity index (χ1n) is 6.77. The molecule has 0 saturated carbocycles. The van der Waals surface area contributed by atoms with Gasteiger partial charge in [-0.1, -0.05) is 20.8 Å². The van der Waals surface area contributed by atoms with Gasteiger partial charge in [0.05, 0.1) is 19.8 Å². The number of anilines is 1. The molecule has 0 aromatic heterocycles. The molecule has 118 valence electrons. The zero-order chi connectivity index (χ0) is 16.0. The van der Waals surface area contributed by atoms with Crippen molar-refractivity contribution >= 4 is 11.6 Å². The van der Waals surface area contributed by atoms with Crippen molar-refractivity contribution in [3.8, 4) is 11.5 Å². The number of nitrogens with two attached hydrogens (primary N) is 1. The summed E-state index contributed by atoms with van der Waals surface area (Å²) in [5.74, 6) is 0.719. The molecule has 0 unspecified atom stereocenters. The number of hydrogen-bond donors (Lipinski definition) is 3. The van der Waals surface area contributed by atoms with Crippen molar-refractivity contribution in [3.63, 3.8) is 0 Å². The highest BCUT2D eigenvalue weighted by atomic mass is 16.5. The lowest BCUT2D eigenvalue weighted by Gasteiger charge is -2.26. The number of hydrogen-bond acceptors (Lipinski definition) is 5. The van der Waals surface area contributed by atoms with Gasteiger partial charge in [-0.3, -0.25) is 4.79 Å². The maximum atomic E-state index is 12.1. The van der Waals surface area contributed by atoms with Gasteiger partial charge in [-0.15, -0.1) is 0 Å². The molecule has 6 heteroatoms. The molecule has 0 fully saturated rings. The van der Waals surface area contributed by atoms with Gasteiger partial charge >= 0.3 is 0 Å². The Labute approximate surface area is 125 Å². The molecule has 0 bridgehead atoms. The Morgan fingerprint density at radius 3 is 2.57 bits per heavy atom. The Kier molecular flexibility index (Phi) is 5.99. The Hall–Kier alpha value is -1.79. The number of nitrogens with one attached hydrogen (secondary N) is 1. The standard InChI is InChI=1S/C15H24N2O4/c1-15(2,3)13(16)14(19)17-10-5-6-11(20-4)12(9-10)21-8-7-18/h5-6,9,13,18H,7-8,16H2,1-4H3,(H,17,19)/t13-/m1/s1.